The predicted octanol–water partition coefficient (Wildman–Crippen LogP) is 3.12. The summed E-state index contributed by atoms with van der Waals surface area (Å²) in [6.07, 6.45) is 0. The Morgan fingerprint density at radius 2 is 1.79 bits per heavy atom. The minimum atomic E-state index is -3.64. The summed E-state index contributed by atoms with van der Waals surface area (Å²) in [5.74, 6) is 0. The van der Waals surface area contributed by atoms with E-state index in [4.69, 9.17) is 0 Å². The van der Waals surface area contributed by atoms with Gasteiger partial charge in [0.2, 0.25) is 0 Å². The van der Waals surface area contributed by atoms with E-state index >= 15 is 0 Å². The van der Waals surface area contributed by atoms with Gasteiger partial charge in [-0.2, -0.15) is 17.6 Å². The molecule has 19 heavy (non-hydrogen) atoms. The SMILES string of the molecule is Cc1ccc(S(=O)(=O)n2nc(C)c(Br)c2C)c(C)c1. The molecular weight excluding hydrogens is 328 g/mol. The Morgan fingerprint density at radius 1 is 1.16 bits per heavy atom. The molecule has 1 heterocycles. The maximum atomic E-state index is 12.6. The molecular formula is C13H15BrN2O2S. The third-order valence-corrected chi connectivity index (χ3v) is 5.97. The van der Waals surface area contributed by atoms with Gasteiger partial charge in [-0.25, -0.2) is 0 Å². The largest absolute Gasteiger partial charge is 0.283 e. The van der Waals surface area contributed by atoms with Gasteiger partial charge in [-0.05, 0) is 55.3 Å². The summed E-state index contributed by atoms with van der Waals surface area (Å²) in [7, 11) is -3.64. The second kappa shape index (κ2) is 4.76. The Hall–Kier alpha value is -1.14. The first kappa shape index (κ1) is 14.3. The van der Waals surface area contributed by atoms with Crippen LogP contribution in [0.15, 0.2) is 27.6 Å². The van der Waals surface area contributed by atoms with E-state index in [9.17, 15) is 8.42 Å². The first-order valence-electron chi connectivity index (χ1n) is 5.79. The molecule has 0 unspecified atom stereocenters. The first-order valence-corrected chi connectivity index (χ1v) is 8.03. The van der Waals surface area contributed by atoms with E-state index in [1.807, 2.05) is 13.0 Å². The topological polar surface area (TPSA) is 52.0 Å². The second-order valence-corrected chi connectivity index (χ2v) is 7.13. The number of aromatic nitrogens is 2. The Balaban J connectivity index is 2.69. The molecule has 4 nitrogen and oxygen atoms in total. The van der Waals surface area contributed by atoms with Crippen molar-refractivity contribution in [3.8, 4) is 0 Å². The van der Waals surface area contributed by atoms with Gasteiger partial charge in [-0.3, -0.25) is 0 Å². The average Bonchev–Trinajstić information content (AvgIpc) is 2.57. The summed E-state index contributed by atoms with van der Waals surface area (Å²) in [5.41, 5.74) is 3.00. The molecule has 1 aromatic carbocycles. The first-order chi connectivity index (χ1) is 8.75. The van der Waals surface area contributed by atoms with Gasteiger partial charge in [-0.1, -0.05) is 17.7 Å². The van der Waals surface area contributed by atoms with E-state index < -0.39 is 10.0 Å². The van der Waals surface area contributed by atoms with Gasteiger partial charge >= 0.3 is 0 Å². The zero-order valence-electron chi connectivity index (χ0n) is 11.2. The summed E-state index contributed by atoms with van der Waals surface area (Å²) in [6.45, 7) is 7.22. The van der Waals surface area contributed by atoms with E-state index in [2.05, 4.69) is 21.0 Å². The Labute approximate surface area is 121 Å². The van der Waals surface area contributed by atoms with Gasteiger partial charge in [-0.15, -0.1) is 0 Å². The van der Waals surface area contributed by atoms with Crippen molar-refractivity contribution in [3.63, 3.8) is 0 Å². The summed E-state index contributed by atoms with van der Waals surface area (Å²) in [6, 6.07) is 5.28. The molecule has 0 aliphatic carbocycles. The van der Waals surface area contributed by atoms with Crippen molar-refractivity contribution >= 4 is 26.0 Å². The summed E-state index contributed by atoms with van der Waals surface area (Å²) in [4.78, 5) is 0.288. The lowest BCUT2D eigenvalue weighted by Crippen LogP contribution is -2.17. The third kappa shape index (κ3) is 2.34. The van der Waals surface area contributed by atoms with Gasteiger partial charge in [0.05, 0.1) is 20.8 Å². The quantitative estimate of drug-likeness (QED) is 0.842. The Bertz CT molecular complexity index is 748. The smallest absolute Gasteiger partial charge is 0.199 e. The fraction of sp³-hybridized carbons (Fsp3) is 0.308. The molecule has 2 aromatic rings. The minimum Gasteiger partial charge on any atom is -0.199 e. The third-order valence-electron chi connectivity index (χ3n) is 3.00. The maximum Gasteiger partial charge on any atom is 0.283 e. The lowest BCUT2D eigenvalue weighted by molar-refractivity contribution is 0.577. The van der Waals surface area contributed by atoms with E-state index in [1.54, 1.807) is 32.9 Å². The van der Waals surface area contributed by atoms with Gasteiger partial charge in [0.25, 0.3) is 10.0 Å². The summed E-state index contributed by atoms with van der Waals surface area (Å²) in [5, 5.41) is 4.10. The van der Waals surface area contributed by atoms with Crippen molar-refractivity contribution in [2.24, 2.45) is 0 Å². The van der Waals surface area contributed by atoms with Crippen LogP contribution in [0.25, 0.3) is 0 Å². The van der Waals surface area contributed by atoms with Crippen LogP contribution in [0.4, 0.5) is 0 Å². The molecule has 1 aromatic heterocycles. The second-order valence-electron chi connectivity index (χ2n) is 4.60. The van der Waals surface area contributed by atoms with Crippen LogP contribution in [-0.2, 0) is 10.0 Å². The zero-order chi connectivity index (χ0) is 14.4. The van der Waals surface area contributed by atoms with Gasteiger partial charge < -0.3 is 0 Å². The number of rotatable bonds is 2. The van der Waals surface area contributed by atoms with Crippen LogP contribution < -0.4 is 0 Å². The molecule has 0 bridgehead atoms. The number of hydrogen-bond donors (Lipinski definition) is 0. The van der Waals surface area contributed by atoms with Crippen molar-refractivity contribution < 1.29 is 8.42 Å². The maximum absolute atomic E-state index is 12.6. The van der Waals surface area contributed by atoms with Crippen LogP contribution in [-0.4, -0.2) is 17.6 Å². The molecule has 0 amide bonds. The molecule has 0 saturated carbocycles. The van der Waals surface area contributed by atoms with Gasteiger partial charge in [0.1, 0.15) is 0 Å². The monoisotopic (exact) mass is 342 g/mol. The van der Waals surface area contributed by atoms with Gasteiger partial charge in [0.15, 0.2) is 0 Å². The zero-order valence-corrected chi connectivity index (χ0v) is 13.6. The van der Waals surface area contributed by atoms with Crippen LogP contribution in [0, 0.1) is 27.7 Å². The molecule has 0 atom stereocenters. The summed E-state index contributed by atoms with van der Waals surface area (Å²) >= 11 is 3.35. The minimum absolute atomic E-state index is 0.288. The van der Waals surface area contributed by atoms with Crippen molar-refractivity contribution in [2.75, 3.05) is 0 Å². The Kier molecular flexibility index (Phi) is 3.57. The van der Waals surface area contributed by atoms with Gasteiger partial charge in [0, 0.05) is 0 Å². The number of hydrogen-bond acceptors (Lipinski definition) is 3. The van der Waals surface area contributed by atoms with E-state index in [1.165, 1.54) is 0 Å². The number of benzene rings is 1. The van der Waals surface area contributed by atoms with Crippen molar-refractivity contribution in [3.05, 3.63) is 45.2 Å². The average molecular weight is 343 g/mol. The standard InChI is InChI=1S/C13H15BrN2O2S/c1-8-5-6-12(9(2)7-8)19(17,18)16-11(4)13(14)10(3)15-16/h5-7H,1-4H3. The van der Waals surface area contributed by atoms with E-state index in [0.29, 0.717) is 11.4 Å². The molecule has 0 N–H and O–H groups in total. The van der Waals surface area contributed by atoms with Crippen LogP contribution >= 0.6 is 15.9 Å². The molecule has 2 rings (SSSR count). The highest BCUT2D eigenvalue weighted by Gasteiger charge is 2.24. The molecule has 0 aliphatic heterocycles. The lowest BCUT2D eigenvalue weighted by atomic mass is 10.2. The van der Waals surface area contributed by atoms with Crippen LogP contribution in [0.1, 0.15) is 22.5 Å². The van der Waals surface area contributed by atoms with Crippen LogP contribution in [0.3, 0.4) is 0 Å². The fourth-order valence-corrected chi connectivity index (χ4v) is 3.96. The van der Waals surface area contributed by atoms with Crippen molar-refractivity contribution in [1.82, 2.24) is 9.19 Å². The molecule has 0 aliphatic rings. The van der Waals surface area contributed by atoms with Crippen LogP contribution in [0.2, 0.25) is 0 Å². The molecule has 102 valence electrons. The highest BCUT2D eigenvalue weighted by Crippen LogP contribution is 2.25. The normalized spacial score (nSPS) is 11.8. The van der Waals surface area contributed by atoms with Crippen molar-refractivity contribution in [1.29, 1.82) is 0 Å². The molecule has 0 spiro atoms. The Morgan fingerprint density at radius 3 is 2.26 bits per heavy atom. The number of aryl methyl sites for hydroxylation is 3. The molecule has 0 radical (unpaired) electrons. The van der Waals surface area contributed by atoms with Crippen molar-refractivity contribution in [2.45, 2.75) is 32.6 Å². The predicted molar refractivity (Wildman–Crippen MR) is 77.9 cm³/mol. The highest BCUT2D eigenvalue weighted by molar-refractivity contribution is 9.10. The molecule has 0 fully saturated rings. The lowest BCUT2D eigenvalue weighted by Gasteiger charge is -2.09. The van der Waals surface area contributed by atoms with E-state index in [-0.39, 0.29) is 4.90 Å². The van der Waals surface area contributed by atoms with E-state index in [0.717, 1.165) is 19.7 Å². The summed E-state index contributed by atoms with van der Waals surface area (Å²) < 4.78 is 27.1. The number of halogens is 1. The number of nitrogens with zero attached hydrogens (tertiary/aromatic N) is 2. The molecule has 0 saturated heterocycles. The fourth-order valence-electron chi connectivity index (χ4n) is 2.02. The molecule has 6 heteroatoms. The van der Waals surface area contributed by atoms with Crippen LogP contribution in [0.5, 0.6) is 0 Å². The highest BCUT2D eigenvalue weighted by atomic mass is 79.9.